The minimum Gasteiger partial charge on any atom is -0.480 e. The number of rotatable bonds is 5. The summed E-state index contributed by atoms with van der Waals surface area (Å²) < 4.78 is 6.51. The Hall–Kier alpha value is -0.940. The summed E-state index contributed by atoms with van der Waals surface area (Å²) in [6.07, 6.45) is 0.0167. The maximum Gasteiger partial charge on any atom is 0.331 e. The summed E-state index contributed by atoms with van der Waals surface area (Å²) in [6.45, 7) is 1.16. The van der Waals surface area contributed by atoms with Gasteiger partial charge in [0.2, 0.25) is 0 Å². The summed E-state index contributed by atoms with van der Waals surface area (Å²) in [5, 5.41) is 8.59. The highest BCUT2D eigenvalue weighted by Crippen LogP contribution is 2.06. The van der Waals surface area contributed by atoms with Crippen LogP contribution in [0.1, 0.15) is 13.3 Å². The van der Waals surface area contributed by atoms with Crippen molar-refractivity contribution in [3.05, 3.63) is 0 Å². The highest BCUT2D eigenvalue weighted by Gasteiger charge is 2.38. The summed E-state index contributed by atoms with van der Waals surface area (Å²) in [4.78, 5) is 21.6. The van der Waals surface area contributed by atoms with Gasteiger partial charge in [-0.05, 0) is 6.42 Å². The Morgan fingerprint density at radius 1 is 1.73 bits per heavy atom. The van der Waals surface area contributed by atoms with Gasteiger partial charge in [0, 0.05) is 0 Å². The van der Waals surface area contributed by atoms with E-state index in [1.165, 1.54) is 6.92 Å². The largest absolute Gasteiger partial charge is 0.480 e. The number of hydrogen-bond donors (Lipinski definition) is 3. The highest BCUT2D eigenvalue weighted by molar-refractivity contribution is 6.08. The zero-order chi connectivity index (χ0) is 9.78. The third-order valence-corrected chi connectivity index (χ3v) is 1.60. The number of nitrogens with two attached hydrogens (primary N) is 2. The number of aliphatic carboxylic acids is 1. The maximum absolute atomic E-state index is 11.0. The molecule has 64 valence electrons. The van der Waals surface area contributed by atoms with E-state index in [4.69, 9.17) is 12.3 Å². The lowest BCUT2D eigenvalue weighted by Crippen LogP contribution is -2.56. The van der Waals surface area contributed by atoms with E-state index in [-0.39, 0.29) is 13.0 Å². The Morgan fingerprint density at radius 2 is 2.27 bits per heavy atom. The fourth-order valence-electron chi connectivity index (χ4n) is 0.625. The van der Waals surface area contributed by atoms with Crippen molar-refractivity contribution in [2.75, 3.05) is 6.54 Å². The molecule has 5 nitrogen and oxygen atoms in total. The molecule has 5 N–H and O–H groups in total. The second kappa shape index (κ2) is 3.45. The smallest absolute Gasteiger partial charge is 0.331 e. The molecule has 0 radical (unpaired) electrons. The molecule has 0 amide bonds. The van der Waals surface area contributed by atoms with Crippen molar-refractivity contribution in [3.63, 3.8) is 0 Å². The van der Waals surface area contributed by atoms with Gasteiger partial charge in [-0.2, -0.15) is 0 Å². The molecule has 0 rings (SSSR count). The molecular formula is C6H12N2O3. The molecule has 0 aliphatic rings. The standard InChI is InChI=1S/C6H12N2O3/c1-2-6(8,5(10)11)4(9)3-7/h2-3,7-8H2,1H3,(H,10,11)/i/hD. The lowest BCUT2D eigenvalue weighted by molar-refractivity contribution is -0.148. The second-order valence-electron chi connectivity index (χ2n) is 2.23. The predicted octanol–water partition coefficient (Wildman–Crippen LogP) is -1.29. The minimum absolute atomic E-state index is 0.0167. The van der Waals surface area contributed by atoms with Gasteiger partial charge in [-0.3, -0.25) is 4.79 Å². The zero-order valence-corrected chi connectivity index (χ0v) is 6.26. The highest BCUT2D eigenvalue weighted by atomic mass is 16.4. The van der Waals surface area contributed by atoms with Crippen LogP contribution < -0.4 is 11.5 Å². The van der Waals surface area contributed by atoms with Crippen LogP contribution in [0.3, 0.4) is 0 Å². The monoisotopic (exact) mass is 161 g/mol. The molecule has 0 heterocycles. The molecular weight excluding hydrogens is 148 g/mol. The molecule has 0 aliphatic carbocycles. The average molecular weight is 161 g/mol. The molecule has 0 aliphatic heterocycles. The molecule has 0 aromatic rings. The van der Waals surface area contributed by atoms with Gasteiger partial charge in [0.1, 0.15) is 1.41 Å². The van der Waals surface area contributed by atoms with E-state index in [1.54, 1.807) is 0 Å². The van der Waals surface area contributed by atoms with Gasteiger partial charge in [-0.1, -0.05) is 6.92 Å². The van der Waals surface area contributed by atoms with Gasteiger partial charge in [0.15, 0.2) is 11.3 Å². The van der Waals surface area contributed by atoms with Gasteiger partial charge in [0.25, 0.3) is 0 Å². The molecule has 1 atom stereocenters. The Morgan fingerprint density at radius 3 is 2.55 bits per heavy atom. The van der Waals surface area contributed by atoms with Crippen LogP contribution in [-0.2, 0) is 9.59 Å². The molecule has 0 aromatic heterocycles. The summed E-state index contributed by atoms with van der Waals surface area (Å²) >= 11 is 0. The maximum atomic E-state index is 11.0. The quantitative estimate of drug-likeness (QED) is 0.435. The number of carbonyl (C=O) groups is 2. The number of hydrogen-bond acceptors (Lipinski definition) is 4. The molecule has 0 aromatic carbocycles. The number of ketones is 1. The first-order chi connectivity index (χ1) is 5.49. The average Bonchev–Trinajstić information content (AvgIpc) is 2.03. The lowest BCUT2D eigenvalue weighted by atomic mass is 9.92. The third-order valence-electron chi connectivity index (χ3n) is 1.60. The van der Waals surface area contributed by atoms with Crippen LogP contribution in [0.4, 0.5) is 0 Å². The molecule has 11 heavy (non-hydrogen) atoms. The van der Waals surface area contributed by atoms with Crippen molar-refractivity contribution < 1.29 is 16.1 Å². The van der Waals surface area contributed by atoms with Crippen LogP contribution in [0, 0.1) is 0 Å². The van der Waals surface area contributed by atoms with E-state index in [9.17, 15) is 9.59 Å². The number of carbonyl (C=O) groups excluding carboxylic acids is 1. The van der Waals surface area contributed by atoms with Crippen LogP contribution >= 0.6 is 0 Å². The molecule has 0 bridgehead atoms. The van der Waals surface area contributed by atoms with Crippen LogP contribution in [0.5, 0.6) is 0 Å². The van der Waals surface area contributed by atoms with Crippen LogP contribution in [0.15, 0.2) is 0 Å². The van der Waals surface area contributed by atoms with E-state index < -0.39 is 17.3 Å². The fraction of sp³-hybridized carbons (Fsp3) is 0.667. The van der Waals surface area contributed by atoms with Crippen molar-refractivity contribution in [2.24, 2.45) is 11.5 Å². The lowest BCUT2D eigenvalue weighted by Gasteiger charge is -2.19. The van der Waals surface area contributed by atoms with Crippen molar-refractivity contribution in [1.29, 1.82) is 0 Å². The topological polar surface area (TPSA) is 106 Å². The minimum atomic E-state index is -1.85. The van der Waals surface area contributed by atoms with Gasteiger partial charge in [0.05, 0.1) is 6.54 Å². The molecule has 0 fully saturated rings. The molecule has 0 saturated carbocycles. The number of Topliss-reactive ketones (excluding diaryl/α,β-unsaturated/α-hetero) is 1. The van der Waals surface area contributed by atoms with E-state index in [1.807, 2.05) is 5.73 Å². The predicted molar refractivity (Wildman–Crippen MR) is 38.9 cm³/mol. The third kappa shape index (κ3) is 1.75. The molecule has 5 heteroatoms. The van der Waals surface area contributed by atoms with Crippen molar-refractivity contribution >= 4 is 11.8 Å². The first-order valence-electron chi connectivity index (χ1n) is 3.69. The SMILES string of the molecule is [2H]NCC(=O)C(N)(CC)C(=O)O. The van der Waals surface area contributed by atoms with E-state index in [0.717, 1.165) is 0 Å². The Bertz CT molecular complexity index is 197. The van der Waals surface area contributed by atoms with E-state index in [2.05, 4.69) is 0 Å². The van der Waals surface area contributed by atoms with Gasteiger partial charge >= 0.3 is 5.97 Å². The first kappa shape index (κ1) is 8.16. The van der Waals surface area contributed by atoms with Crippen LogP contribution in [0.25, 0.3) is 0 Å². The number of carboxylic acid groups (broad SMARTS) is 1. The van der Waals surface area contributed by atoms with Gasteiger partial charge in [-0.15, -0.1) is 0 Å². The second-order valence-corrected chi connectivity index (χ2v) is 2.23. The summed E-state index contributed by atoms with van der Waals surface area (Å²) in [6, 6.07) is 0. The molecule has 0 saturated heterocycles. The van der Waals surface area contributed by atoms with Crippen molar-refractivity contribution in [3.8, 4) is 0 Å². The van der Waals surface area contributed by atoms with Crippen LogP contribution in [-0.4, -0.2) is 28.9 Å². The van der Waals surface area contributed by atoms with Crippen LogP contribution in [0.2, 0.25) is 1.41 Å². The number of carboxylic acids is 1. The summed E-state index contributed by atoms with van der Waals surface area (Å²) in [5.41, 5.74) is 5.26. The van der Waals surface area contributed by atoms with Crippen molar-refractivity contribution in [1.82, 2.24) is 0 Å². The van der Waals surface area contributed by atoms with Gasteiger partial charge in [-0.25, -0.2) is 4.79 Å². The first-order valence-corrected chi connectivity index (χ1v) is 3.19. The summed E-state index contributed by atoms with van der Waals surface area (Å²) in [7, 11) is 0. The summed E-state index contributed by atoms with van der Waals surface area (Å²) in [5.74, 6) is -2.04. The zero-order valence-electron chi connectivity index (χ0n) is 7.26. The van der Waals surface area contributed by atoms with Crippen molar-refractivity contribution in [2.45, 2.75) is 18.9 Å². The fourth-order valence-corrected chi connectivity index (χ4v) is 0.625. The van der Waals surface area contributed by atoms with E-state index >= 15 is 0 Å². The molecule has 1 unspecified atom stereocenters. The normalized spacial score (nSPS) is 16.7. The Labute approximate surface area is 65.8 Å². The van der Waals surface area contributed by atoms with E-state index in [0.29, 0.717) is 0 Å². The Kier molecular flexibility index (Phi) is 2.56. The molecule has 0 spiro atoms. The van der Waals surface area contributed by atoms with Gasteiger partial charge < -0.3 is 16.6 Å². The Balaban J connectivity index is 4.52.